The van der Waals surface area contributed by atoms with Crippen molar-refractivity contribution < 1.29 is 9.13 Å². The van der Waals surface area contributed by atoms with Gasteiger partial charge < -0.3 is 9.72 Å². The van der Waals surface area contributed by atoms with Crippen molar-refractivity contribution in [2.24, 2.45) is 0 Å². The molecule has 102 valence electrons. The molecule has 1 heterocycles. The second-order valence-electron chi connectivity index (χ2n) is 4.61. The Labute approximate surface area is 116 Å². The maximum atomic E-state index is 14.1. The monoisotopic (exact) mass is 270 g/mol. The molecule has 2 aromatic carbocycles. The highest BCUT2D eigenvalue weighted by Gasteiger charge is 2.15. The van der Waals surface area contributed by atoms with E-state index in [9.17, 15) is 4.39 Å². The van der Waals surface area contributed by atoms with Crippen LogP contribution in [0, 0.1) is 5.82 Å². The van der Waals surface area contributed by atoms with Gasteiger partial charge in [-0.05, 0) is 36.2 Å². The molecule has 4 heteroatoms. The fourth-order valence-electron chi connectivity index (χ4n) is 2.30. The van der Waals surface area contributed by atoms with E-state index in [-0.39, 0.29) is 5.82 Å². The zero-order chi connectivity index (χ0) is 14.1. The van der Waals surface area contributed by atoms with E-state index in [1.807, 2.05) is 18.2 Å². The lowest BCUT2D eigenvalue weighted by atomic mass is 10.1. The number of methoxy groups -OCH3 is 1. The van der Waals surface area contributed by atoms with Gasteiger partial charge in [-0.15, -0.1) is 0 Å². The number of halogens is 1. The molecule has 0 unspecified atom stereocenters. The van der Waals surface area contributed by atoms with Crippen molar-refractivity contribution in [1.82, 2.24) is 9.97 Å². The maximum absolute atomic E-state index is 14.1. The van der Waals surface area contributed by atoms with Crippen LogP contribution >= 0.6 is 0 Å². The molecule has 0 bridgehead atoms. The number of ether oxygens (including phenoxy) is 1. The van der Waals surface area contributed by atoms with Crippen LogP contribution in [0.1, 0.15) is 12.5 Å². The first kappa shape index (κ1) is 12.7. The van der Waals surface area contributed by atoms with Gasteiger partial charge in [-0.3, -0.25) is 0 Å². The van der Waals surface area contributed by atoms with E-state index in [2.05, 4.69) is 16.9 Å². The van der Waals surface area contributed by atoms with Gasteiger partial charge >= 0.3 is 0 Å². The van der Waals surface area contributed by atoms with Gasteiger partial charge in [0.2, 0.25) is 0 Å². The zero-order valence-electron chi connectivity index (χ0n) is 11.4. The van der Waals surface area contributed by atoms with Gasteiger partial charge in [-0.25, -0.2) is 9.37 Å². The predicted molar refractivity (Wildman–Crippen MR) is 77.4 cm³/mol. The molecule has 20 heavy (non-hydrogen) atoms. The van der Waals surface area contributed by atoms with Crippen LogP contribution in [0.15, 0.2) is 36.4 Å². The first-order valence-corrected chi connectivity index (χ1v) is 6.54. The molecule has 0 aliphatic carbocycles. The number of aromatic nitrogens is 2. The molecule has 1 aromatic heterocycles. The van der Waals surface area contributed by atoms with E-state index in [1.54, 1.807) is 12.1 Å². The number of imidazole rings is 1. The third-order valence-electron chi connectivity index (χ3n) is 3.39. The van der Waals surface area contributed by atoms with E-state index in [0.29, 0.717) is 17.1 Å². The molecular formula is C16H15FN2O. The average Bonchev–Trinajstić information content (AvgIpc) is 2.88. The Bertz CT molecular complexity index is 764. The maximum Gasteiger partial charge on any atom is 0.145 e. The molecule has 0 saturated heterocycles. The Morgan fingerprint density at radius 2 is 2.10 bits per heavy atom. The summed E-state index contributed by atoms with van der Waals surface area (Å²) in [5, 5.41) is 0. The molecule has 3 rings (SSSR count). The Balaban J connectivity index is 2.20. The molecule has 0 fully saturated rings. The van der Waals surface area contributed by atoms with Crippen LogP contribution in [0.2, 0.25) is 0 Å². The number of hydrogen-bond acceptors (Lipinski definition) is 2. The van der Waals surface area contributed by atoms with Crippen LogP contribution in [-0.2, 0) is 6.42 Å². The van der Waals surface area contributed by atoms with Crippen LogP contribution in [0.5, 0.6) is 5.75 Å². The third kappa shape index (κ3) is 2.03. The number of benzene rings is 2. The largest absolute Gasteiger partial charge is 0.496 e. The minimum Gasteiger partial charge on any atom is -0.496 e. The van der Waals surface area contributed by atoms with Crippen molar-refractivity contribution in [3.8, 4) is 17.1 Å². The van der Waals surface area contributed by atoms with Crippen LogP contribution in [0.25, 0.3) is 22.4 Å². The summed E-state index contributed by atoms with van der Waals surface area (Å²) in [6.45, 7) is 2.10. The number of nitrogens with one attached hydrogen (secondary N) is 1. The summed E-state index contributed by atoms with van der Waals surface area (Å²) in [4.78, 5) is 7.62. The number of rotatable bonds is 3. The summed E-state index contributed by atoms with van der Waals surface area (Å²) in [5.41, 5.74) is 3.31. The third-order valence-corrected chi connectivity index (χ3v) is 3.39. The summed E-state index contributed by atoms with van der Waals surface area (Å²) < 4.78 is 19.3. The quantitative estimate of drug-likeness (QED) is 0.782. The minimum atomic E-state index is -0.348. The fraction of sp³-hybridized carbons (Fsp3) is 0.188. The summed E-state index contributed by atoms with van der Waals surface area (Å²) in [7, 11) is 1.52. The van der Waals surface area contributed by atoms with Gasteiger partial charge in [0.05, 0.1) is 23.7 Å². The molecule has 0 aliphatic rings. The van der Waals surface area contributed by atoms with Gasteiger partial charge in [0, 0.05) is 0 Å². The molecule has 0 atom stereocenters. The van der Waals surface area contributed by atoms with Crippen molar-refractivity contribution in [2.45, 2.75) is 13.3 Å². The smallest absolute Gasteiger partial charge is 0.145 e. The minimum absolute atomic E-state index is 0.348. The molecule has 3 nitrogen and oxygen atoms in total. The van der Waals surface area contributed by atoms with Gasteiger partial charge in [0.25, 0.3) is 0 Å². The highest BCUT2D eigenvalue weighted by molar-refractivity contribution is 5.81. The second kappa shape index (κ2) is 4.96. The van der Waals surface area contributed by atoms with E-state index in [1.165, 1.54) is 18.7 Å². The van der Waals surface area contributed by atoms with Crippen LogP contribution in [0.4, 0.5) is 4.39 Å². The van der Waals surface area contributed by atoms with Crippen LogP contribution < -0.4 is 4.74 Å². The lowest BCUT2D eigenvalue weighted by molar-refractivity contribution is 0.413. The van der Waals surface area contributed by atoms with Crippen molar-refractivity contribution in [2.75, 3.05) is 7.11 Å². The fourth-order valence-corrected chi connectivity index (χ4v) is 2.30. The zero-order valence-corrected chi connectivity index (χ0v) is 11.4. The molecule has 3 aromatic rings. The van der Waals surface area contributed by atoms with E-state index < -0.39 is 0 Å². The topological polar surface area (TPSA) is 37.9 Å². The van der Waals surface area contributed by atoms with E-state index >= 15 is 0 Å². The van der Waals surface area contributed by atoms with Crippen molar-refractivity contribution in [1.29, 1.82) is 0 Å². The average molecular weight is 270 g/mol. The summed E-state index contributed by atoms with van der Waals surface area (Å²) in [6.07, 6.45) is 0.952. The predicted octanol–water partition coefficient (Wildman–Crippen LogP) is 3.94. The lowest BCUT2D eigenvalue weighted by Crippen LogP contribution is -1.92. The Hall–Kier alpha value is -2.36. The normalized spacial score (nSPS) is 10.9. The van der Waals surface area contributed by atoms with Crippen molar-refractivity contribution in [3.05, 3.63) is 47.8 Å². The summed E-state index contributed by atoms with van der Waals surface area (Å²) in [6, 6.07) is 10.8. The molecule has 0 saturated carbocycles. The SMILES string of the molecule is CCc1ccc2nc(-c3c(F)cccc3OC)[nH]c2c1. The number of H-pyrrole nitrogens is 1. The van der Waals surface area contributed by atoms with E-state index in [4.69, 9.17) is 4.74 Å². The Morgan fingerprint density at radius 1 is 1.25 bits per heavy atom. The van der Waals surface area contributed by atoms with Crippen LogP contribution in [0.3, 0.4) is 0 Å². The summed E-state index contributed by atoms with van der Waals surface area (Å²) >= 11 is 0. The summed E-state index contributed by atoms with van der Waals surface area (Å²) in [5.74, 6) is 0.613. The van der Waals surface area contributed by atoms with Gasteiger partial charge in [-0.2, -0.15) is 0 Å². The standard InChI is InChI=1S/C16H15FN2O/c1-3-10-7-8-12-13(9-10)19-16(18-12)15-11(17)5-4-6-14(15)20-2/h4-9H,3H2,1-2H3,(H,18,19). The number of fused-ring (bicyclic) bond motifs is 1. The second-order valence-corrected chi connectivity index (χ2v) is 4.61. The van der Waals surface area contributed by atoms with Gasteiger partial charge in [-0.1, -0.05) is 19.1 Å². The molecule has 0 amide bonds. The highest BCUT2D eigenvalue weighted by atomic mass is 19.1. The number of hydrogen-bond donors (Lipinski definition) is 1. The van der Waals surface area contributed by atoms with E-state index in [0.717, 1.165) is 17.5 Å². The Morgan fingerprint density at radius 3 is 2.85 bits per heavy atom. The highest BCUT2D eigenvalue weighted by Crippen LogP contribution is 2.31. The van der Waals surface area contributed by atoms with Crippen LogP contribution in [-0.4, -0.2) is 17.1 Å². The van der Waals surface area contributed by atoms with Crippen molar-refractivity contribution in [3.63, 3.8) is 0 Å². The van der Waals surface area contributed by atoms with Gasteiger partial charge in [0.1, 0.15) is 17.4 Å². The first-order valence-electron chi connectivity index (χ1n) is 6.54. The molecule has 0 aliphatic heterocycles. The first-order chi connectivity index (χ1) is 9.72. The van der Waals surface area contributed by atoms with Crippen molar-refractivity contribution >= 4 is 11.0 Å². The molecular weight excluding hydrogens is 255 g/mol. The molecule has 0 spiro atoms. The molecule has 0 radical (unpaired) electrons. The number of aryl methyl sites for hydroxylation is 1. The number of nitrogens with zero attached hydrogens (tertiary/aromatic N) is 1. The molecule has 1 N–H and O–H groups in total. The lowest BCUT2D eigenvalue weighted by Gasteiger charge is -2.06. The van der Waals surface area contributed by atoms with Gasteiger partial charge in [0.15, 0.2) is 0 Å². The number of aromatic amines is 1. The Kier molecular flexibility index (Phi) is 3.14.